The lowest BCUT2D eigenvalue weighted by atomic mass is 9.90. The molecule has 0 N–H and O–H groups in total. The molecule has 2 nitrogen and oxygen atoms in total. The molecule has 0 aliphatic heterocycles. The molecule has 0 aliphatic rings. The summed E-state index contributed by atoms with van der Waals surface area (Å²) in [6.07, 6.45) is 5.28. The molecule has 2 heterocycles. The maximum atomic E-state index is 5.95. The fourth-order valence-corrected chi connectivity index (χ4v) is 1.76. The Morgan fingerprint density at radius 2 is 1.82 bits per heavy atom. The first kappa shape index (κ1) is 12.1. The number of pyridine rings is 2. The van der Waals surface area contributed by atoms with Crippen molar-refractivity contribution in [3.8, 4) is 11.1 Å². The Bertz CT molecular complexity index is 530. The molecule has 2 aromatic rings. The molecule has 0 amide bonds. The number of hydrogen-bond acceptors (Lipinski definition) is 2. The summed E-state index contributed by atoms with van der Waals surface area (Å²) >= 11 is 5.95. The Morgan fingerprint density at radius 3 is 2.47 bits per heavy atom. The van der Waals surface area contributed by atoms with Crippen LogP contribution < -0.4 is 0 Å². The first-order chi connectivity index (χ1) is 7.97. The molecule has 0 bridgehead atoms. The van der Waals surface area contributed by atoms with Crippen LogP contribution in [0.2, 0.25) is 5.02 Å². The van der Waals surface area contributed by atoms with Gasteiger partial charge in [-0.05, 0) is 23.8 Å². The summed E-state index contributed by atoms with van der Waals surface area (Å²) in [6, 6.07) is 5.98. The third-order valence-corrected chi connectivity index (χ3v) is 2.77. The van der Waals surface area contributed by atoms with Gasteiger partial charge < -0.3 is 0 Å². The van der Waals surface area contributed by atoms with Crippen molar-refractivity contribution < 1.29 is 0 Å². The number of nitrogens with zero attached hydrogens (tertiary/aromatic N) is 2. The van der Waals surface area contributed by atoms with Gasteiger partial charge in [0.25, 0.3) is 0 Å². The molecule has 3 heteroatoms. The Kier molecular flexibility index (Phi) is 3.16. The Labute approximate surface area is 107 Å². The fourth-order valence-electron chi connectivity index (χ4n) is 1.59. The number of aromatic nitrogens is 2. The van der Waals surface area contributed by atoms with Gasteiger partial charge >= 0.3 is 0 Å². The van der Waals surface area contributed by atoms with E-state index in [-0.39, 0.29) is 5.41 Å². The highest BCUT2D eigenvalue weighted by molar-refractivity contribution is 6.30. The molecular formula is C14H15ClN2. The molecule has 0 saturated heterocycles. The lowest BCUT2D eigenvalue weighted by Crippen LogP contribution is -2.13. The van der Waals surface area contributed by atoms with E-state index in [2.05, 4.69) is 36.8 Å². The van der Waals surface area contributed by atoms with E-state index in [1.807, 2.05) is 24.5 Å². The fraction of sp³-hybridized carbons (Fsp3) is 0.286. The van der Waals surface area contributed by atoms with E-state index in [4.69, 9.17) is 11.6 Å². The zero-order valence-corrected chi connectivity index (χ0v) is 11.0. The molecule has 0 atom stereocenters. The van der Waals surface area contributed by atoms with Crippen molar-refractivity contribution in [3.63, 3.8) is 0 Å². The van der Waals surface area contributed by atoms with E-state index in [0.717, 1.165) is 16.8 Å². The zero-order valence-electron chi connectivity index (χ0n) is 10.2. The van der Waals surface area contributed by atoms with Gasteiger partial charge in [-0.25, -0.2) is 0 Å². The van der Waals surface area contributed by atoms with Gasteiger partial charge in [-0.2, -0.15) is 0 Å². The highest BCUT2D eigenvalue weighted by atomic mass is 35.5. The Hall–Kier alpha value is -1.41. The molecule has 2 aromatic heterocycles. The minimum Gasteiger partial charge on any atom is -0.263 e. The summed E-state index contributed by atoms with van der Waals surface area (Å²) < 4.78 is 0. The van der Waals surface area contributed by atoms with Crippen LogP contribution in [0.1, 0.15) is 26.5 Å². The smallest absolute Gasteiger partial charge is 0.0595 e. The third-order valence-electron chi connectivity index (χ3n) is 2.57. The summed E-state index contributed by atoms with van der Waals surface area (Å²) in [7, 11) is 0. The van der Waals surface area contributed by atoms with Crippen LogP contribution in [0, 0.1) is 0 Å². The molecule has 0 unspecified atom stereocenters. The van der Waals surface area contributed by atoms with Crippen molar-refractivity contribution in [3.05, 3.63) is 47.5 Å². The number of hydrogen-bond donors (Lipinski definition) is 0. The standard InChI is InChI=1S/C14H15ClN2/c1-14(2,3)13-7-10(4-5-17-13)11-6-12(15)9-16-8-11/h4-9H,1-3H3. The third kappa shape index (κ3) is 2.83. The van der Waals surface area contributed by atoms with E-state index in [1.54, 1.807) is 6.20 Å². The zero-order chi connectivity index (χ0) is 12.5. The van der Waals surface area contributed by atoms with Gasteiger partial charge in [0, 0.05) is 35.3 Å². The molecule has 0 aliphatic carbocycles. The van der Waals surface area contributed by atoms with Crippen molar-refractivity contribution in [2.75, 3.05) is 0 Å². The van der Waals surface area contributed by atoms with Gasteiger partial charge in [-0.1, -0.05) is 32.4 Å². The van der Waals surface area contributed by atoms with E-state index in [9.17, 15) is 0 Å². The summed E-state index contributed by atoms with van der Waals surface area (Å²) in [5, 5.41) is 0.650. The predicted molar refractivity (Wildman–Crippen MR) is 71.2 cm³/mol. The van der Waals surface area contributed by atoms with Crippen LogP contribution >= 0.6 is 11.6 Å². The van der Waals surface area contributed by atoms with Crippen molar-refractivity contribution in [2.24, 2.45) is 0 Å². The molecule has 0 radical (unpaired) electrons. The second kappa shape index (κ2) is 4.46. The highest BCUT2D eigenvalue weighted by Crippen LogP contribution is 2.26. The minimum atomic E-state index is 0.0437. The van der Waals surface area contributed by atoms with Crippen molar-refractivity contribution >= 4 is 11.6 Å². The van der Waals surface area contributed by atoms with Gasteiger partial charge in [0.05, 0.1) is 5.02 Å². The maximum absolute atomic E-state index is 5.95. The Balaban J connectivity index is 2.47. The average Bonchev–Trinajstić information content (AvgIpc) is 2.28. The molecule has 0 aromatic carbocycles. The molecule has 17 heavy (non-hydrogen) atoms. The van der Waals surface area contributed by atoms with E-state index < -0.39 is 0 Å². The molecular weight excluding hydrogens is 232 g/mol. The van der Waals surface area contributed by atoms with E-state index in [0.29, 0.717) is 5.02 Å². The van der Waals surface area contributed by atoms with Crippen LogP contribution in [-0.2, 0) is 5.41 Å². The van der Waals surface area contributed by atoms with Gasteiger partial charge in [0.15, 0.2) is 0 Å². The van der Waals surface area contributed by atoms with Crippen LogP contribution in [0.5, 0.6) is 0 Å². The topological polar surface area (TPSA) is 25.8 Å². The average molecular weight is 247 g/mol. The quantitative estimate of drug-likeness (QED) is 0.757. The number of rotatable bonds is 1. The molecule has 0 spiro atoms. The van der Waals surface area contributed by atoms with Gasteiger partial charge in [0.1, 0.15) is 0 Å². The summed E-state index contributed by atoms with van der Waals surface area (Å²) in [4.78, 5) is 8.51. The second-order valence-corrected chi connectivity index (χ2v) is 5.51. The summed E-state index contributed by atoms with van der Waals surface area (Å²) in [6.45, 7) is 6.44. The number of halogens is 1. The first-order valence-electron chi connectivity index (χ1n) is 5.54. The molecule has 0 saturated carbocycles. The predicted octanol–water partition coefficient (Wildman–Crippen LogP) is 4.09. The highest BCUT2D eigenvalue weighted by Gasteiger charge is 2.15. The van der Waals surface area contributed by atoms with Gasteiger partial charge in [0.2, 0.25) is 0 Å². The molecule has 2 rings (SSSR count). The lowest BCUT2D eigenvalue weighted by molar-refractivity contribution is 0.569. The largest absolute Gasteiger partial charge is 0.263 e. The first-order valence-corrected chi connectivity index (χ1v) is 5.92. The van der Waals surface area contributed by atoms with Crippen molar-refractivity contribution in [1.29, 1.82) is 0 Å². The van der Waals surface area contributed by atoms with Crippen molar-refractivity contribution in [1.82, 2.24) is 9.97 Å². The Morgan fingerprint density at radius 1 is 1.06 bits per heavy atom. The van der Waals surface area contributed by atoms with E-state index >= 15 is 0 Å². The van der Waals surface area contributed by atoms with Crippen LogP contribution in [0.3, 0.4) is 0 Å². The summed E-state index contributed by atoms with van der Waals surface area (Å²) in [5.74, 6) is 0. The van der Waals surface area contributed by atoms with Crippen LogP contribution in [0.4, 0.5) is 0 Å². The van der Waals surface area contributed by atoms with Gasteiger partial charge in [-0.15, -0.1) is 0 Å². The SMILES string of the molecule is CC(C)(C)c1cc(-c2cncc(Cl)c2)ccn1. The lowest BCUT2D eigenvalue weighted by Gasteiger charge is -2.18. The van der Waals surface area contributed by atoms with Crippen molar-refractivity contribution in [2.45, 2.75) is 26.2 Å². The van der Waals surface area contributed by atoms with Gasteiger partial charge in [-0.3, -0.25) is 9.97 Å². The van der Waals surface area contributed by atoms with Crippen LogP contribution in [0.15, 0.2) is 36.8 Å². The minimum absolute atomic E-state index is 0.0437. The normalized spacial score (nSPS) is 11.5. The monoisotopic (exact) mass is 246 g/mol. The second-order valence-electron chi connectivity index (χ2n) is 5.07. The maximum Gasteiger partial charge on any atom is 0.0595 e. The summed E-state index contributed by atoms with van der Waals surface area (Å²) in [5.41, 5.74) is 3.22. The molecule has 0 fully saturated rings. The van der Waals surface area contributed by atoms with Crippen LogP contribution in [-0.4, -0.2) is 9.97 Å². The van der Waals surface area contributed by atoms with Crippen LogP contribution in [0.25, 0.3) is 11.1 Å². The van der Waals surface area contributed by atoms with E-state index in [1.165, 1.54) is 0 Å². The molecule has 88 valence electrons.